The van der Waals surface area contributed by atoms with Crippen LogP contribution in [0, 0.1) is 11.7 Å². The zero-order valence-corrected chi connectivity index (χ0v) is 12.6. The number of aromatic nitrogens is 1. The predicted octanol–water partition coefficient (Wildman–Crippen LogP) is 2.17. The number of nitrogens with zero attached hydrogens (tertiary/aromatic N) is 1. The van der Waals surface area contributed by atoms with Gasteiger partial charge in [-0.2, -0.15) is 0 Å². The van der Waals surface area contributed by atoms with E-state index in [0.29, 0.717) is 12.5 Å². The normalized spacial score (nSPS) is 11.2. The van der Waals surface area contributed by atoms with E-state index in [0.717, 1.165) is 12.6 Å². The van der Waals surface area contributed by atoms with Crippen molar-refractivity contribution in [2.75, 3.05) is 6.54 Å². The van der Waals surface area contributed by atoms with E-state index in [1.165, 1.54) is 12.3 Å². The first-order valence-electron chi connectivity index (χ1n) is 5.65. The van der Waals surface area contributed by atoms with Crippen LogP contribution in [0.1, 0.15) is 30.6 Å². The summed E-state index contributed by atoms with van der Waals surface area (Å²) in [6.45, 7) is 4.43. The van der Waals surface area contributed by atoms with Gasteiger partial charge < -0.3 is 11.1 Å². The van der Waals surface area contributed by atoms with Crippen LogP contribution in [0.5, 0.6) is 0 Å². The second kappa shape index (κ2) is 9.95. The molecule has 0 spiro atoms. The molecule has 0 radical (unpaired) electrons. The highest BCUT2D eigenvalue weighted by Gasteiger charge is 2.16. The third-order valence-electron chi connectivity index (χ3n) is 2.39. The van der Waals surface area contributed by atoms with E-state index in [1.807, 2.05) is 13.8 Å². The molecular weight excluding hydrogens is 292 g/mol. The van der Waals surface area contributed by atoms with E-state index in [4.69, 9.17) is 5.73 Å². The number of nitrogens with two attached hydrogens (primary N) is 1. The zero-order chi connectivity index (χ0) is 12.8. The Kier molecular flexibility index (Phi) is 10.7. The van der Waals surface area contributed by atoms with Crippen molar-refractivity contribution in [3.8, 4) is 0 Å². The molecule has 0 bridgehead atoms. The van der Waals surface area contributed by atoms with Crippen LogP contribution in [0.2, 0.25) is 0 Å². The van der Waals surface area contributed by atoms with Gasteiger partial charge in [-0.25, -0.2) is 4.39 Å². The molecule has 0 aliphatic heterocycles. The van der Waals surface area contributed by atoms with Gasteiger partial charge in [0.1, 0.15) is 0 Å². The summed E-state index contributed by atoms with van der Waals surface area (Å²) in [5.41, 5.74) is 5.57. The van der Waals surface area contributed by atoms with Crippen molar-refractivity contribution < 1.29 is 9.18 Å². The Labute approximate surface area is 125 Å². The summed E-state index contributed by atoms with van der Waals surface area (Å²) in [5, 5.41) is 2.72. The van der Waals surface area contributed by atoms with Gasteiger partial charge in [-0.05, 0) is 18.4 Å². The minimum atomic E-state index is -0.620. The average Bonchev–Trinajstić information content (AvgIpc) is 2.27. The molecule has 4 nitrogen and oxygen atoms in total. The molecule has 1 rings (SSSR count). The lowest BCUT2D eigenvalue weighted by Gasteiger charge is -2.18. The van der Waals surface area contributed by atoms with Crippen molar-refractivity contribution in [1.29, 1.82) is 0 Å². The van der Waals surface area contributed by atoms with E-state index < -0.39 is 11.7 Å². The molecule has 1 aromatic rings. The summed E-state index contributed by atoms with van der Waals surface area (Å²) in [6.07, 6.45) is 3.18. The van der Waals surface area contributed by atoms with Crippen molar-refractivity contribution >= 4 is 30.7 Å². The second-order valence-electron chi connectivity index (χ2n) is 4.39. The third-order valence-corrected chi connectivity index (χ3v) is 2.39. The minimum Gasteiger partial charge on any atom is -0.348 e. The van der Waals surface area contributed by atoms with Crippen LogP contribution >= 0.6 is 24.8 Å². The number of hydrogen-bond acceptors (Lipinski definition) is 3. The smallest absolute Gasteiger partial charge is 0.254 e. The van der Waals surface area contributed by atoms with Crippen LogP contribution in [-0.4, -0.2) is 23.5 Å². The quantitative estimate of drug-likeness (QED) is 0.875. The largest absolute Gasteiger partial charge is 0.348 e. The van der Waals surface area contributed by atoms with Gasteiger partial charge in [-0.3, -0.25) is 9.78 Å². The van der Waals surface area contributed by atoms with Gasteiger partial charge >= 0.3 is 0 Å². The van der Waals surface area contributed by atoms with Crippen molar-refractivity contribution in [2.45, 2.75) is 26.3 Å². The monoisotopic (exact) mass is 311 g/mol. The number of pyridine rings is 1. The first-order valence-corrected chi connectivity index (χ1v) is 5.65. The van der Waals surface area contributed by atoms with Crippen molar-refractivity contribution in [3.63, 3.8) is 0 Å². The van der Waals surface area contributed by atoms with Gasteiger partial charge in [0, 0.05) is 18.8 Å². The SMILES string of the molecule is CC(C)CC(CN)NC(=O)c1ccncc1F.Cl.Cl. The second-order valence-corrected chi connectivity index (χ2v) is 4.39. The fourth-order valence-electron chi connectivity index (χ4n) is 1.61. The zero-order valence-electron chi connectivity index (χ0n) is 10.9. The first-order chi connectivity index (χ1) is 8.04. The van der Waals surface area contributed by atoms with Crippen LogP contribution in [0.3, 0.4) is 0 Å². The van der Waals surface area contributed by atoms with Gasteiger partial charge in [-0.15, -0.1) is 24.8 Å². The Hall–Kier alpha value is -0.910. The highest BCUT2D eigenvalue weighted by Crippen LogP contribution is 2.07. The van der Waals surface area contributed by atoms with E-state index in [-0.39, 0.29) is 36.4 Å². The molecule has 1 aromatic heterocycles. The number of carbonyl (C=O) groups excluding carboxylic acids is 1. The fraction of sp³-hybridized carbons (Fsp3) is 0.500. The van der Waals surface area contributed by atoms with Crippen molar-refractivity contribution in [3.05, 3.63) is 29.8 Å². The molecule has 1 atom stereocenters. The summed E-state index contributed by atoms with van der Waals surface area (Å²) in [6, 6.07) is 1.23. The number of nitrogens with one attached hydrogen (secondary N) is 1. The van der Waals surface area contributed by atoms with Crippen LogP contribution in [0.25, 0.3) is 0 Å². The summed E-state index contributed by atoms with van der Waals surface area (Å²) >= 11 is 0. The molecular formula is C12H20Cl2FN3O. The fourth-order valence-corrected chi connectivity index (χ4v) is 1.61. The summed E-state index contributed by atoms with van der Waals surface area (Å²) in [7, 11) is 0. The molecule has 19 heavy (non-hydrogen) atoms. The number of amides is 1. The van der Waals surface area contributed by atoms with E-state index in [2.05, 4.69) is 10.3 Å². The molecule has 0 saturated heterocycles. The summed E-state index contributed by atoms with van der Waals surface area (Å²) in [4.78, 5) is 15.4. The van der Waals surface area contributed by atoms with E-state index >= 15 is 0 Å². The Morgan fingerprint density at radius 1 is 1.47 bits per heavy atom. The molecule has 1 amide bonds. The molecule has 7 heteroatoms. The van der Waals surface area contributed by atoms with Crippen LogP contribution in [0.15, 0.2) is 18.5 Å². The molecule has 1 unspecified atom stereocenters. The van der Waals surface area contributed by atoms with Crippen LogP contribution in [-0.2, 0) is 0 Å². The van der Waals surface area contributed by atoms with Crippen LogP contribution < -0.4 is 11.1 Å². The predicted molar refractivity (Wildman–Crippen MR) is 78.5 cm³/mol. The average molecular weight is 312 g/mol. The lowest BCUT2D eigenvalue weighted by atomic mass is 10.0. The molecule has 110 valence electrons. The van der Waals surface area contributed by atoms with Gasteiger partial charge in [0.2, 0.25) is 0 Å². The van der Waals surface area contributed by atoms with E-state index in [1.54, 1.807) is 0 Å². The number of rotatable bonds is 5. The number of carbonyl (C=O) groups is 1. The van der Waals surface area contributed by atoms with Gasteiger partial charge in [-0.1, -0.05) is 13.8 Å². The molecule has 0 aliphatic rings. The lowest BCUT2D eigenvalue weighted by Crippen LogP contribution is -2.41. The highest BCUT2D eigenvalue weighted by atomic mass is 35.5. The minimum absolute atomic E-state index is 0. The van der Waals surface area contributed by atoms with Crippen molar-refractivity contribution in [2.24, 2.45) is 11.7 Å². The number of halogens is 3. The maximum Gasteiger partial charge on any atom is 0.254 e. The van der Waals surface area contributed by atoms with Gasteiger partial charge in [0.05, 0.1) is 11.8 Å². The maximum atomic E-state index is 13.3. The molecule has 3 N–H and O–H groups in total. The Morgan fingerprint density at radius 3 is 2.58 bits per heavy atom. The summed E-state index contributed by atoms with van der Waals surface area (Å²) in [5.74, 6) is -0.641. The van der Waals surface area contributed by atoms with Crippen molar-refractivity contribution in [1.82, 2.24) is 10.3 Å². The third kappa shape index (κ3) is 6.71. The standard InChI is InChI=1S/C12H18FN3O.2ClH/c1-8(2)5-9(6-14)16-12(17)10-3-4-15-7-11(10)13;;/h3-4,7-9H,5-6,14H2,1-2H3,(H,16,17);2*1H. The maximum absolute atomic E-state index is 13.3. The Bertz CT molecular complexity index is 391. The molecule has 0 fully saturated rings. The molecule has 0 aromatic carbocycles. The lowest BCUT2D eigenvalue weighted by molar-refractivity contribution is 0.0929. The topological polar surface area (TPSA) is 68.0 Å². The van der Waals surface area contributed by atoms with E-state index in [9.17, 15) is 9.18 Å². The molecule has 0 aliphatic carbocycles. The Balaban J connectivity index is 0. The highest BCUT2D eigenvalue weighted by molar-refractivity contribution is 5.94. The van der Waals surface area contributed by atoms with Crippen LogP contribution in [0.4, 0.5) is 4.39 Å². The summed E-state index contributed by atoms with van der Waals surface area (Å²) < 4.78 is 13.3. The number of hydrogen-bond donors (Lipinski definition) is 2. The van der Waals surface area contributed by atoms with Gasteiger partial charge in [0.15, 0.2) is 5.82 Å². The van der Waals surface area contributed by atoms with Gasteiger partial charge in [0.25, 0.3) is 5.91 Å². The Morgan fingerprint density at radius 2 is 2.11 bits per heavy atom. The first kappa shape index (κ1) is 20.4. The molecule has 0 saturated carbocycles. The molecule has 1 heterocycles.